The van der Waals surface area contributed by atoms with Gasteiger partial charge in [-0.15, -0.1) is 0 Å². The Morgan fingerprint density at radius 1 is 1.29 bits per heavy atom. The minimum Gasteiger partial charge on any atom is -0.493 e. The summed E-state index contributed by atoms with van der Waals surface area (Å²) < 4.78 is 18.9. The largest absolute Gasteiger partial charge is 0.493 e. The van der Waals surface area contributed by atoms with Crippen molar-refractivity contribution >= 4 is 11.6 Å². The molecule has 0 amide bonds. The summed E-state index contributed by atoms with van der Waals surface area (Å²) in [5.41, 5.74) is 1.64. The van der Waals surface area contributed by atoms with E-state index in [4.69, 9.17) is 16.3 Å². The molecule has 0 radical (unpaired) electrons. The zero-order chi connectivity index (χ0) is 14.8. The zero-order valence-corrected chi connectivity index (χ0v) is 12.2. The standard InChI is InChI=1S/C17H16ClFO2/c18-15-6-5-12(19)9-11(15)10-16(20)13-7-8-21-17-4-2-1-3-14(13)17/h1-6,9,13,16,20H,7-8,10H2. The van der Waals surface area contributed by atoms with E-state index in [9.17, 15) is 9.50 Å². The summed E-state index contributed by atoms with van der Waals surface area (Å²) in [6.07, 6.45) is 0.454. The monoisotopic (exact) mass is 306 g/mol. The van der Waals surface area contributed by atoms with Gasteiger partial charge in [-0.2, -0.15) is 0 Å². The van der Waals surface area contributed by atoms with Gasteiger partial charge in [-0.05, 0) is 41.8 Å². The number of aliphatic hydroxyl groups is 1. The molecule has 110 valence electrons. The highest BCUT2D eigenvalue weighted by Gasteiger charge is 2.28. The van der Waals surface area contributed by atoms with Crippen LogP contribution < -0.4 is 4.74 Å². The average Bonchev–Trinajstić information content (AvgIpc) is 2.50. The van der Waals surface area contributed by atoms with Crippen LogP contribution in [0.25, 0.3) is 0 Å². The van der Waals surface area contributed by atoms with Crippen LogP contribution in [0.5, 0.6) is 5.75 Å². The molecule has 4 heteroatoms. The third kappa shape index (κ3) is 3.04. The number of para-hydroxylation sites is 1. The van der Waals surface area contributed by atoms with Gasteiger partial charge in [0, 0.05) is 17.4 Å². The highest BCUT2D eigenvalue weighted by Crippen LogP contribution is 2.36. The van der Waals surface area contributed by atoms with Gasteiger partial charge in [0.05, 0.1) is 12.7 Å². The lowest BCUT2D eigenvalue weighted by Crippen LogP contribution is -2.26. The molecule has 3 rings (SSSR count). The second kappa shape index (κ2) is 6.04. The van der Waals surface area contributed by atoms with Crippen LogP contribution in [0.1, 0.15) is 23.5 Å². The second-order valence-corrected chi connectivity index (χ2v) is 5.70. The zero-order valence-electron chi connectivity index (χ0n) is 11.4. The van der Waals surface area contributed by atoms with Crippen molar-refractivity contribution in [1.29, 1.82) is 0 Å². The van der Waals surface area contributed by atoms with E-state index in [0.717, 1.165) is 17.7 Å². The fraction of sp³-hybridized carbons (Fsp3) is 0.294. The fourth-order valence-electron chi connectivity index (χ4n) is 2.84. The molecule has 0 aliphatic carbocycles. The molecule has 2 aromatic carbocycles. The van der Waals surface area contributed by atoms with E-state index in [2.05, 4.69) is 0 Å². The molecule has 21 heavy (non-hydrogen) atoms. The first kappa shape index (κ1) is 14.4. The molecule has 0 bridgehead atoms. The van der Waals surface area contributed by atoms with Crippen LogP contribution in [0.4, 0.5) is 4.39 Å². The van der Waals surface area contributed by atoms with Crippen LogP contribution in [-0.4, -0.2) is 17.8 Å². The maximum Gasteiger partial charge on any atom is 0.123 e. The minimum atomic E-state index is -0.616. The predicted octanol–water partition coefficient (Wildman–Crippen LogP) is 3.95. The van der Waals surface area contributed by atoms with E-state index >= 15 is 0 Å². The van der Waals surface area contributed by atoms with Gasteiger partial charge in [0.2, 0.25) is 0 Å². The molecule has 0 fully saturated rings. The van der Waals surface area contributed by atoms with Crippen molar-refractivity contribution < 1.29 is 14.2 Å². The fourth-order valence-corrected chi connectivity index (χ4v) is 3.03. The Morgan fingerprint density at radius 2 is 2.10 bits per heavy atom. The number of rotatable bonds is 3. The molecule has 1 aliphatic heterocycles. The highest BCUT2D eigenvalue weighted by atomic mass is 35.5. The number of benzene rings is 2. The first-order valence-electron chi connectivity index (χ1n) is 6.99. The third-order valence-electron chi connectivity index (χ3n) is 3.91. The maximum absolute atomic E-state index is 13.3. The normalized spacial score (nSPS) is 18.7. The van der Waals surface area contributed by atoms with E-state index in [1.165, 1.54) is 18.2 Å². The first-order chi connectivity index (χ1) is 10.1. The maximum atomic E-state index is 13.3. The van der Waals surface area contributed by atoms with E-state index in [0.29, 0.717) is 23.6 Å². The van der Waals surface area contributed by atoms with Gasteiger partial charge in [-0.25, -0.2) is 4.39 Å². The molecule has 2 atom stereocenters. The molecule has 2 unspecified atom stereocenters. The molecule has 1 heterocycles. The predicted molar refractivity (Wildman–Crippen MR) is 80.4 cm³/mol. The lowest BCUT2D eigenvalue weighted by Gasteiger charge is -2.29. The number of aliphatic hydroxyl groups excluding tert-OH is 1. The van der Waals surface area contributed by atoms with Gasteiger partial charge < -0.3 is 9.84 Å². The van der Waals surface area contributed by atoms with Crippen molar-refractivity contribution in [3.8, 4) is 5.75 Å². The molecule has 0 aromatic heterocycles. The topological polar surface area (TPSA) is 29.5 Å². The van der Waals surface area contributed by atoms with E-state index in [1.54, 1.807) is 0 Å². The SMILES string of the molecule is OC(Cc1cc(F)ccc1Cl)C1CCOc2ccccc21. The van der Waals surface area contributed by atoms with Gasteiger partial charge in [0.1, 0.15) is 11.6 Å². The Bertz CT molecular complexity index is 644. The van der Waals surface area contributed by atoms with Crippen molar-refractivity contribution in [3.63, 3.8) is 0 Å². The Hall–Kier alpha value is -1.58. The summed E-state index contributed by atoms with van der Waals surface area (Å²) in [5.74, 6) is 0.460. The van der Waals surface area contributed by atoms with Crippen LogP contribution in [-0.2, 0) is 6.42 Å². The van der Waals surface area contributed by atoms with Crippen LogP contribution >= 0.6 is 11.6 Å². The Balaban J connectivity index is 1.83. The van der Waals surface area contributed by atoms with Crippen LogP contribution in [0.15, 0.2) is 42.5 Å². The number of ether oxygens (including phenoxy) is 1. The van der Waals surface area contributed by atoms with Gasteiger partial charge in [-0.1, -0.05) is 29.8 Å². The third-order valence-corrected chi connectivity index (χ3v) is 4.27. The molecule has 0 saturated heterocycles. The van der Waals surface area contributed by atoms with Crippen LogP contribution in [0, 0.1) is 5.82 Å². The van der Waals surface area contributed by atoms with Gasteiger partial charge in [0.15, 0.2) is 0 Å². The summed E-state index contributed by atoms with van der Waals surface area (Å²) in [6.45, 7) is 0.579. The number of hydrogen-bond donors (Lipinski definition) is 1. The summed E-state index contributed by atoms with van der Waals surface area (Å²) in [6, 6.07) is 12.0. The first-order valence-corrected chi connectivity index (χ1v) is 7.36. The van der Waals surface area contributed by atoms with Gasteiger partial charge in [-0.3, -0.25) is 0 Å². The molecule has 2 aromatic rings. The molecule has 2 nitrogen and oxygen atoms in total. The van der Waals surface area contributed by atoms with Gasteiger partial charge in [0.25, 0.3) is 0 Å². The highest BCUT2D eigenvalue weighted by molar-refractivity contribution is 6.31. The van der Waals surface area contributed by atoms with Crippen molar-refractivity contribution in [2.75, 3.05) is 6.61 Å². The lowest BCUT2D eigenvalue weighted by atomic mass is 9.85. The van der Waals surface area contributed by atoms with Crippen molar-refractivity contribution in [1.82, 2.24) is 0 Å². The van der Waals surface area contributed by atoms with Crippen LogP contribution in [0.3, 0.4) is 0 Å². The molecular weight excluding hydrogens is 291 g/mol. The molecular formula is C17H16ClFO2. The minimum absolute atomic E-state index is 0.0192. The van der Waals surface area contributed by atoms with Crippen molar-refractivity contribution in [2.45, 2.75) is 24.9 Å². The number of hydrogen-bond acceptors (Lipinski definition) is 2. The molecule has 0 spiro atoms. The lowest BCUT2D eigenvalue weighted by molar-refractivity contribution is 0.116. The van der Waals surface area contributed by atoms with E-state index in [-0.39, 0.29) is 11.7 Å². The quantitative estimate of drug-likeness (QED) is 0.930. The van der Waals surface area contributed by atoms with E-state index < -0.39 is 6.10 Å². The smallest absolute Gasteiger partial charge is 0.123 e. The molecule has 1 N–H and O–H groups in total. The average molecular weight is 307 g/mol. The number of halogens is 2. The Morgan fingerprint density at radius 3 is 2.95 bits per heavy atom. The van der Waals surface area contributed by atoms with E-state index in [1.807, 2.05) is 24.3 Å². The summed E-state index contributed by atoms with van der Waals surface area (Å²) in [4.78, 5) is 0. The number of fused-ring (bicyclic) bond motifs is 1. The Labute approximate surface area is 128 Å². The van der Waals surface area contributed by atoms with Crippen molar-refractivity contribution in [3.05, 3.63) is 64.4 Å². The summed E-state index contributed by atoms with van der Waals surface area (Å²) in [7, 11) is 0. The van der Waals surface area contributed by atoms with Crippen molar-refractivity contribution in [2.24, 2.45) is 0 Å². The summed E-state index contributed by atoms with van der Waals surface area (Å²) >= 11 is 6.08. The molecule has 0 saturated carbocycles. The van der Waals surface area contributed by atoms with Gasteiger partial charge >= 0.3 is 0 Å². The Kier molecular flexibility index (Phi) is 4.13. The summed E-state index contributed by atoms with van der Waals surface area (Å²) in [5, 5.41) is 11.0. The second-order valence-electron chi connectivity index (χ2n) is 5.29. The van der Waals surface area contributed by atoms with Crippen LogP contribution in [0.2, 0.25) is 5.02 Å². The molecule has 1 aliphatic rings.